The van der Waals surface area contributed by atoms with Gasteiger partial charge in [0.2, 0.25) is 0 Å². The predicted molar refractivity (Wildman–Crippen MR) is 97.8 cm³/mol. The number of aryl methyl sites for hydroxylation is 1. The lowest BCUT2D eigenvalue weighted by molar-refractivity contribution is -0.145. The normalized spacial score (nSPS) is 11.4. The van der Waals surface area contributed by atoms with Gasteiger partial charge < -0.3 is 14.0 Å². The molecule has 0 N–H and O–H groups in total. The van der Waals surface area contributed by atoms with Crippen molar-refractivity contribution in [2.75, 3.05) is 6.61 Å². The van der Waals surface area contributed by atoms with Crippen LogP contribution in [0.1, 0.15) is 39.1 Å². The van der Waals surface area contributed by atoms with Crippen LogP contribution >= 0.6 is 11.8 Å². The van der Waals surface area contributed by atoms with Crippen LogP contribution in [0.4, 0.5) is 0 Å². The number of carbonyl (C=O) groups is 1. The lowest BCUT2D eigenvalue weighted by atomic mass is 10.2. The Morgan fingerprint density at radius 2 is 2.04 bits per heavy atom. The lowest BCUT2D eigenvalue weighted by Crippen LogP contribution is -2.30. The molecule has 1 aromatic carbocycles. The van der Waals surface area contributed by atoms with Gasteiger partial charge in [-0.15, -0.1) is 10.2 Å². The molecule has 0 aliphatic heterocycles. The number of thioether (sulfide) groups is 1. The molecule has 0 aliphatic rings. The first-order chi connectivity index (χ1) is 11.9. The van der Waals surface area contributed by atoms with E-state index in [0.717, 1.165) is 17.1 Å². The molecule has 0 bridgehead atoms. The van der Waals surface area contributed by atoms with E-state index in [1.54, 1.807) is 6.92 Å². The first-order valence-electron chi connectivity index (χ1n) is 8.35. The van der Waals surface area contributed by atoms with Gasteiger partial charge in [0.1, 0.15) is 17.1 Å². The van der Waals surface area contributed by atoms with E-state index in [9.17, 15) is 4.79 Å². The van der Waals surface area contributed by atoms with E-state index in [0.29, 0.717) is 24.9 Å². The molecule has 0 fully saturated rings. The van der Waals surface area contributed by atoms with E-state index in [1.807, 2.05) is 56.5 Å². The fourth-order valence-corrected chi connectivity index (χ4v) is 3.27. The SMILES string of the molecule is CCOC(=O)C(C)(C)Sc1nnc(COc2cccc(C)c2)n1CC. The number of carbonyl (C=O) groups excluding carboxylic acids is 1. The van der Waals surface area contributed by atoms with Crippen molar-refractivity contribution in [2.24, 2.45) is 0 Å². The summed E-state index contributed by atoms with van der Waals surface area (Å²) in [4.78, 5) is 12.1. The molecule has 136 valence electrons. The maximum absolute atomic E-state index is 12.1. The van der Waals surface area contributed by atoms with Gasteiger partial charge in [0.15, 0.2) is 11.0 Å². The maximum Gasteiger partial charge on any atom is 0.322 e. The van der Waals surface area contributed by atoms with Gasteiger partial charge in [-0.25, -0.2) is 0 Å². The van der Waals surface area contributed by atoms with E-state index in [1.165, 1.54) is 11.8 Å². The highest BCUT2D eigenvalue weighted by Crippen LogP contribution is 2.33. The topological polar surface area (TPSA) is 66.2 Å². The zero-order valence-electron chi connectivity index (χ0n) is 15.4. The fourth-order valence-electron chi connectivity index (χ4n) is 2.25. The molecule has 25 heavy (non-hydrogen) atoms. The van der Waals surface area contributed by atoms with Crippen LogP contribution in [0.5, 0.6) is 5.75 Å². The Balaban J connectivity index is 2.11. The van der Waals surface area contributed by atoms with Gasteiger partial charge >= 0.3 is 5.97 Å². The van der Waals surface area contributed by atoms with Gasteiger partial charge in [-0.2, -0.15) is 0 Å². The van der Waals surface area contributed by atoms with Crippen LogP contribution in [0.2, 0.25) is 0 Å². The minimum Gasteiger partial charge on any atom is -0.486 e. The highest BCUT2D eigenvalue weighted by molar-refractivity contribution is 8.01. The van der Waals surface area contributed by atoms with E-state index in [2.05, 4.69) is 10.2 Å². The molecule has 0 aliphatic carbocycles. The van der Waals surface area contributed by atoms with Gasteiger partial charge in [0.25, 0.3) is 0 Å². The van der Waals surface area contributed by atoms with E-state index < -0.39 is 4.75 Å². The second-order valence-electron chi connectivity index (χ2n) is 6.08. The molecule has 0 amide bonds. The molecule has 0 spiro atoms. The van der Waals surface area contributed by atoms with Crippen molar-refractivity contribution in [3.63, 3.8) is 0 Å². The summed E-state index contributed by atoms with van der Waals surface area (Å²) < 4.78 is 12.2. The van der Waals surface area contributed by atoms with Crippen molar-refractivity contribution in [1.29, 1.82) is 0 Å². The summed E-state index contributed by atoms with van der Waals surface area (Å²) in [7, 11) is 0. The first-order valence-corrected chi connectivity index (χ1v) is 9.16. The molecular weight excluding hydrogens is 338 g/mol. The third-order valence-electron chi connectivity index (χ3n) is 3.58. The third-order valence-corrected chi connectivity index (χ3v) is 4.74. The summed E-state index contributed by atoms with van der Waals surface area (Å²) in [6.45, 7) is 10.9. The van der Waals surface area contributed by atoms with Crippen molar-refractivity contribution in [1.82, 2.24) is 14.8 Å². The quantitative estimate of drug-likeness (QED) is 0.527. The van der Waals surface area contributed by atoms with Crippen LogP contribution in [0.25, 0.3) is 0 Å². The summed E-state index contributed by atoms with van der Waals surface area (Å²) in [6, 6.07) is 7.87. The Morgan fingerprint density at radius 1 is 1.28 bits per heavy atom. The lowest BCUT2D eigenvalue weighted by Gasteiger charge is -2.21. The average Bonchev–Trinajstić information content (AvgIpc) is 2.94. The largest absolute Gasteiger partial charge is 0.486 e. The molecule has 0 atom stereocenters. The zero-order chi connectivity index (χ0) is 18.4. The summed E-state index contributed by atoms with van der Waals surface area (Å²) in [6.07, 6.45) is 0. The smallest absolute Gasteiger partial charge is 0.322 e. The zero-order valence-corrected chi connectivity index (χ0v) is 16.2. The first kappa shape index (κ1) is 19.3. The van der Waals surface area contributed by atoms with Crippen LogP contribution in [0.3, 0.4) is 0 Å². The van der Waals surface area contributed by atoms with E-state index in [-0.39, 0.29) is 5.97 Å². The maximum atomic E-state index is 12.1. The monoisotopic (exact) mass is 363 g/mol. The molecule has 0 radical (unpaired) electrons. The molecule has 2 rings (SSSR count). The van der Waals surface area contributed by atoms with Crippen LogP contribution in [0.15, 0.2) is 29.4 Å². The number of nitrogens with zero attached hydrogens (tertiary/aromatic N) is 3. The van der Waals surface area contributed by atoms with Crippen molar-refractivity contribution in [2.45, 2.75) is 57.7 Å². The summed E-state index contributed by atoms with van der Waals surface area (Å²) >= 11 is 1.35. The van der Waals surface area contributed by atoms with Crippen molar-refractivity contribution >= 4 is 17.7 Å². The van der Waals surface area contributed by atoms with E-state index in [4.69, 9.17) is 9.47 Å². The van der Waals surface area contributed by atoms with Crippen LogP contribution in [-0.2, 0) is 22.7 Å². The number of rotatable bonds is 8. The Labute approximate surface area is 152 Å². The molecule has 0 saturated carbocycles. The second kappa shape index (κ2) is 8.38. The molecule has 0 saturated heterocycles. The Hall–Kier alpha value is -2.02. The second-order valence-corrected chi connectivity index (χ2v) is 7.67. The van der Waals surface area contributed by atoms with Crippen molar-refractivity contribution < 1.29 is 14.3 Å². The molecule has 0 unspecified atom stereocenters. The van der Waals surface area contributed by atoms with Crippen molar-refractivity contribution in [3.8, 4) is 5.75 Å². The number of benzene rings is 1. The third kappa shape index (κ3) is 4.98. The number of hydrogen-bond acceptors (Lipinski definition) is 6. The van der Waals surface area contributed by atoms with Crippen LogP contribution in [-0.4, -0.2) is 32.1 Å². The Kier molecular flexibility index (Phi) is 6.47. The number of hydrogen-bond donors (Lipinski definition) is 0. The van der Waals surface area contributed by atoms with Gasteiger partial charge in [-0.05, 0) is 52.3 Å². The average molecular weight is 363 g/mol. The Bertz CT molecular complexity index is 728. The molecule has 7 heteroatoms. The molecule has 1 heterocycles. The standard InChI is InChI=1S/C18H25N3O3S/c1-6-21-15(12-24-14-10-8-9-13(3)11-14)19-20-17(21)25-18(4,5)16(22)23-7-2/h8-11H,6-7,12H2,1-5H3. The van der Waals surface area contributed by atoms with Crippen LogP contribution in [0, 0.1) is 6.92 Å². The number of ether oxygens (including phenoxy) is 2. The molecular formula is C18H25N3O3S. The summed E-state index contributed by atoms with van der Waals surface area (Å²) in [5.74, 6) is 1.26. The number of aromatic nitrogens is 3. The minimum absolute atomic E-state index is 0.261. The van der Waals surface area contributed by atoms with Gasteiger partial charge in [-0.3, -0.25) is 4.79 Å². The highest BCUT2D eigenvalue weighted by atomic mass is 32.2. The molecule has 1 aromatic heterocycles. The van der Waals surface area contributed by atoms with Gasteiger partial charge in [0.05, 0.1) is 6.61 Å². The van der Waals surface area contributed by atoms with Crippen LogP contribution < -0.4 is 4.74 Å². The fraction of sp³-hybridized carbons (Fsp3) is 0.500. The highest BCUT2D eigenvalue weighted by Gasteiger charge is 2.33. The van der Waals surface area contributed by atoms with Crippen molar-refractivity contribution in [3.05, 3.63) is 35.7 Å². The van der Waals surface area contributed by atoms with Gasteiger partial charge in [0, 0.05) is 6.54 Å². The minimum atomic E-state index is -0.732. The summed E-state index contributed by atoms with van der Waals surface area (Å²) in [5.41, 5.74) is 1.14. The predicted octanol–water partition coefficient (Wildman–Crippen LogP) is 3.62. The number of esters is 1. The Morgan fingerprint density at radius 3 is 2.68 bits per heavy atom. The van der Waals surface area contributed by atoms with Gasteiger partial charge in [-0.1, -0.05) is 23.9 Å². The molecule has 6 nitrogen and oxygen atoms in total. The molecule has 2 aromatic rings. The van der Waals surface area contributed by atoms with E-state index >= 15 is 0 Å². The summed E-state index contributed by atoms with van der Waals surface area (Å²) in [5, 5.41) is 9.15.